The molecule has 0 spiro atoms. The van der Waals surface area contributed by atoms with Gasteiger partial charge in [0.15, 0.2) is 0 Å². The number of alkyl halides is 12. The molecule has 0 heterocycles. The second-order valence-electron chi connectivity index (χ2n) is 3.45. The third kappa shape index (κ3) is 1.14. The lowest BCUT2D eigenvalue weighted by molar-refractivity contribution is -0.470. The number of hydrogen-bond donors (Lipinski definition) is 0. The molecule has 0 atom stereocenters. The van der Waals surface area contributed by atoms with E-state index in [9.17, 15) is 48.3 Å². The summed E-state index contributed by atoms with van der Waals surface area (Å²) in [6.07, 6.45) is 0. The lowest BCUT2D eigenvalue weighted by Crippen LogP contribution is -2.82. The summed E-state index contributed by atoms with van der Waals surface area (Å²) in [4.78, 5) is 0. The first-order valence-electron chi connectivity index (χ1n) is 3.77. The maximum absolute atomic E-state index is 12.7. The van der Waals surface area contributed by atoms with Crippen LogP contribution in [0.25, 0.3) is 0 Å². The molecule has 0 N–H and O–H groups in total. The van der Waals surface area contributed by atoms with Gasteiger partial charge in [-0.1, -0.05) is 11.6 Å². The van der Waals surface area contributed by atoms with Crippen molar-refractivity contribution in [3.05, 3.63) is 0 Å². The zero-order valence-electron chi connectivity index (χ0n) is 7.54. The zero-order chi connectivity index (χ0) is 15.0. The number of rotatable bonds is 0. The molecule has 0 bridgehead atoms. The van der Waals surface area contributed by atoms with Crippen LogP contribution in [0.3, 0.4) is 0 Å². The number of halogens is 12. The Kier molecular flexibility index (Phi) is 2.73. The molecular formula is C6ClF11. The van der Waals surface area contributed by atoms with Crippen molar-refractivity contribution in [1.82, 2.24) is 0 Å². The average Bonchev–Trinajstić information content (AvgIpc) is 2.14. The molecule has 18 heavy (non-hydrogen) atoms. The summed E-state index contributed by atoms with van der Waals surface area (Å²) >= 11 is 3.69. The smallest absolute Gasteiger partial charge is 0.212 e. The van der Waals surface area contributed by atoms with Gasteiger partial charge in [-0.3, -0.25) is 0 Å². The second kappa shape index (κ2) is 3.15. The van der Waals surface area contributed by atoms with Crippen molar-refractivity contribution in [1.29, 1.82) is 0 Å². The lowest BCUT2D eigenvalue weighted by Gasteiger charge is -2.50. The molecule has 108 valence electrons. The number of hydrogen-bond acceptors (Lipinski definition) is 0. The van der Waals surface area contributed by atoms with Crippen LogP contribution < -0.4 is 0 Å². The van der Waals surface area contributed by atoms with Crippen molar-refractivity contribution in [2.45, 2.75) is 34.7 Å². The Hall–Kier alpha value is -0.480. The van der Waals surface area contributed by atoms with Crippen LogP contribution in [0.1, 0.15) is 0 Å². The van der Waals surface area contributed by atoms with Gasteiger partial charge in [0.1, 0.15) is 0 Å². The Bertz CT molecular complexity index is 253. The van der Waals surface area contributed by atoms with E-state index in [1.807, 2.05) is 0 Å². The molecule has 0 amide bonds. The van der Waals surface area contributed by atoms with Crippen LogP contribution in [0.15, 0.2) is 0 Å². The fourth-order valence-corrected chi connectivity index (χ4v) is 1.42. The van der Waals surface area contributed by atoms with Gasteiger partial charge in [0.2, 0.25) is 0 Å². The van der Waals surface area contributed by atoms with E-state index in [2.05, 4.69) is 11.6 Å². The van der Waals surface area contributed by atoms with Crippen LogP contribution in [-0.2, 0) is 0 Å². The first kappa shape index (κ1) is 15.6. The predicted octanol–water partition coefficient (Wildman–Crippen LogP) is 4.08. The molecule has 0 aromatic heterocycles. The Morgan fingerprint density at radius 1 is 0.389 bits per heavy atom. The van der Waals surface area contributed by atoms with E-state index >= 15 is 0 Å². The first-order valence-corrected chi connectivity index (χ1v) is 4.15. The summed E-state index contributed by atoms with van der Waals surface area (Å²) in [6.45, 7) is 0. The lowest BCUT2D eigenvalue weighted by atomic mass is 9.81. The maximum atomic E-state index is 12.7. The van der Waals surface area contributed by atoms with Gasteiger partial charge in [0, 0.05) is 0 Å². The molecule has 0 unspecified atom stereocenters. The summed E-state index contributed by atoms with van der Waals surface area (Å²) in [5.74, 6) is -35.3. The van der Waals surface area contributed by atoms with Crippen molar-refractivity contribution in [3.63, 3.8) is 0 Å². The van der Waals surface area contributed by atoms with Crippen LogP contribution in [0.2, 0.25) is 0 Å². The highest BCUT2D eigenvalue weighted by Crippen LogP contribution is 2.70. The fraction of sp³-hybridized carbons (Fsp3) is 1.00. The van der Waals surface area contributed by atoms with E-state index < -0.39 is 34.7 Å². The van der Waals surface area contributed by atoms with E-state index in [4.69, 9.17) is 0 Å². The van der Waals surface area contributed by atoms with Gasteiger partial charge in [-0.2, -0.15) is 43.9 Å². The van der Waals surface area contributed by atoms with Crippen molar-refractivity contribution in [2.75, 3.05) is 0 Å². The van der Waals surface area contributed by atoms with Gasteiger partial charge in [-0.05, 0) is 0 Å². The molecule has 0 radical (unpaired) electrons. The molecule has 1 fully saturated rings. The van der Waals surface area contributed by atoms with Crippen LogP contribution in [-0.4, -0.2) is 34.7 Å². The van der Waals surface area contributed by atoms with E-state index in [1.165, 1.54) is 0 Å². The molecule has 1 saturated carbocycles. The molecule has 1 aliphatic carbocycles. The Labute approximate surface area is 95.7 Å². The van der Waals surface area contributed by atoms with E-state index in [1.54, 1.807) is 0 Å². The van der Waals surface area contributed by atoms with Gasteiger partial charge >= 0.3 is 34.7 Å². The van der Waals surface area contributed by atoms with Gasteiger partial charge in [0.25, 0.3) is 0 Å². The maximum Gasteiger partial charge on any atom is 0.384 e. The van der Waals surface area contributed by atoms with Crippen molar-refractivity contribution in [3.8, 4) is 0 Å². The summed E-state index contributed by atoms with van der Waals surface area (Å²) in [6, 6.07) is 0. The molecule has 0 saturated heterocycles. The SMILES string of the molecule is FC1(F)C(F)(F)C(F)(F)C(F)(Cl)C(F)(F)C1(F)F. The minimum absolute atomic E-state index is 3.69. The van der Waals surface area contributed by atoms with Gasteiger partial charge in [0.05, 0.1) is 0 Å². The van der Waals surface area contributed by atoms with Crippen molar-refractivity contribution in [2.24, 2.45) is 0 Å². The molecule has 0 aliphatic heterocycles. The highest BCUT2D eigenvalue weighted by Gasteiger charge is 3.01. The van der Waals surface area contributed by atoms with Crippen molar-refractivity contribution >= 4 is 11.6 Å². The van der Waals surface area contributed by atoms with Gasteiger partial charge < -0.3 is 0 Å². The van der Waals surface area contributed by atoms with Crippen molar-refractivity contribution < 1.29 is 48.3 Å². The zero-order valence-corrected chi connectivity index (χ0v) is 8.29. The third-order valence-corrected chi connectivity index (χ3v) is 2.84. The quantitative estimate of drug-likeness (QED) is 0.466. The molecule has 1 rings (SSSR count). The van der Waals surface area contributed by atoms with E-state index in [-0.39, 0.29) is 0 Å². The fourth-order valence-electron chi connectivity index (χ4n) is 1.18. The molecular weight excluding hydrogens is 316 g/mol. The van der Waals surface area contributed by atoms with Crippen LogP contribution in [0.5, 0.6) is 0 Å². The minimum Gasteiger partial charge on any atom is -0.212 e. The molecule has 1 aliphatic rings. The predicted molar refractivity (Wildman–Crippen MR) is 34.4 cm³/mol. The molecule has 0 aromatic carbocycles. The summed E-state index contributed by atoms with van der Waals surface area (Å²) < 4.78 is 138. The molecule has 0 nitrogen and oxygen atoms in total. The largest absolute Gasteiger partial charge is 0.384 e. The second-order valence-corrected chi connectivity index (χ2v) is 3.97. The first-order chi connectivity index (χ1) is 7.50. The molecule has 12 heteroatoms. The topological polar surface area (TPSA) is 0 Å². The minimum atomic E-state index is -7.20. The highest BCUT2D eigenvalue weighted by atomic mass is 35.5. The average molecular weight is 316 g/mol. The summed E-state index contributed by atoms with van der Waals surface area (Å²) in [5, 5.41) is -6.38. The van der Waals surface area contributed by atoms with E-state index in [0.717, 1.165) is 0 Å². The summed E-state index contributed by atoms with van der Waals surface area (Å²) in [7, 11) is 0. The third-order valence-electron chi connectivity index (χ3n) is 2.37. The standard InChI is InChI=1S/C6ClF11/c7-1(8)2(9,10)4(13,14)6(17,18)5(15,16)3(1,11)12. The Morgan fingerprint density at radius 2 is 0.556 bits per heavy atom. The van der Waals surface area contributed by atoms with Gasteiger partial charge in [-0.15, -0.1) is 0 Å². The summed E-state index contributed by atoms with van der Waals surface area (Å²) in [5.41, 5.74) is 0. The van der Waals surface area contributed by atoms with Crippen LogP contribution in [0, 0.1) is 0 Å². The Balaban J connectivity index is 3.72. The molecule has 0 aromatic rings. The normalized spacial score (nSPS) is 34.0. The monoisotopic (exact) mass is 316 g/mol. The Morgan fingerprint density at radius 3 is 0.778 bits per heavy atom. The highest BCUT2D eigenvalue weighted by molar-refractivity contribution is 6.24. The van der Waals surface area contributed by atoms with Crippen LogP contribution in [0.4, 0.5) is 48.3 Å². The van der Waals surface area contributed by atoms with E-state index in [0.29, 0.717) is 0 Å². The van der Waals surface area contributed by atoms with Gasteiger partial charge in [-0.25, -0.2) is 4.39 Å². The van der Waals surface area contributed by atoms with Crippen LogP contribution >= 0.6 is 11.6 Å².